The highest BCUT2D eigenvalue weighted by atomic mass is 16.2. The van der Waals surface area contributed by atoms with Crippen molar-refractivity contribution in [2.24, 2.45) is 0 Å². The molecule has 40 heavy (non-hydrogen) atoms. The van der Waals surface area contributed by atoms with Crippen molar-refractivity contribution in [2.75, 3.05) is 52.6 Å². The van der Waals surface area contributed by atoms with Crippen LogP contribution in [0.5, 0.6) is 0 Å². The molecule has 206 valence electrons. The van der Waals surface area contributed by atoms with E-state index in [9.17, 15) is 4.79 Å². The quantitative estimate of drug-likeness (QED) is 0.340. The Morgan fingerprint density at radius 1 is 1.02 bits per heavy atom. The highest BCUT2D eigenvalue weighted by Crippen LogP contribution is 2.32. The van der Waals surface area contributed by atoms with Crippen molar-refractivity contribution in [3.8, 4) is 11.1 Å². The number of amides is 2. The maximum Gasteiger partial charge on any atom is 0.319 e. The second-order valence-electron chi connectivity index (χ2n) is 10.7. The monoisotopic (exact) mass is 537 g/mol. The first kappa shape index (κ1) is 25.8. The van der Waals surface area contributed by atoms with Gasteiger partial charge in [-0.3, -0.25) is 9.58 Å². The average molecular weight is 538 g/mol. The molecule has 2 N–H and O–H groups in total. The van der Waals surface area contributed by atoms with E-state index in [1.165, 1.54) is 11.9 Å². The number of nitrogens with two attached hydrogens (primary N) is 1. The third kappa shape index (κ3) is 5.22. The molecule has 10 heteroatoms. The van der Waals surface area contributed by atoms with Crippen molar-refractivity contribution in [3.63, 3.8) is 0 Å². The largest absolute Gasteiger partial charge is 0.382 e. The third-order valence-electron chi connectivity index (χ3n) is 7.64. The van der Waals surface area contributed by atoms with Crippen LogP contribution in [-0.2, 0) is 13.0 Å². The minimum absolute atomic E-state index is 0.0882. The van der Waals surface area contributed by atoms with Gasteiger partial charge in [0.2, 0.25) is 0 Å². The van der Waals surface area contributed by atoms with Gasteiger partial charge in [-0.1, -0.05) is 42.5 Å². The molecular formula is C30H35N9O. The molecular weight excluding hydrogens is 502 g/mol. The first-order valence-electron chi connectivity index (χ1n) is 13.8. The van der Waals surface area contributed by atoms with Crippen LogP contribution in [0.3, 0.4) is 0 Å². The molecule has 0 spiro atoms. The van der Waals surface area contributed by atoms with Crippen molar-refractivity contribution < 1.29 is 4.79 Å². The molecule has 0 atom stereocenters. The smallest absolute Gasteiger partial charge is 0.319 e. The van der Waals surface area contributed by atoms with Crippen LogP contribution in [0.4, 0.5) is 10.6 Å². The number of carbonyl (C=O) groups is 1. The predicted octanol–water partition coefficient (Wildman–Crippen LogP) is 3.61. The van der Waals surface area contributed by atoms with Gasteiger partial charge in [0, 0.05) is 63.1 Å². The van der Waals surface area contributed by atoms with Gasteiger partial charge < -0.3 is 15.5 Å². The minimum Gasteiger partial charge on any atom is -0.382 e. The van der Waals surface area contributed by atoms with E-state index in [-0.39, 0.29) is 6.03 Å². The Morgan fingerprint density at radius 3 is 2.60 bits per heavy atom. The van der Waals surface area contributed by atoms with E-state index in [1.54, 1.807) is 19.0 Å². The van der Waals surface area contributed by atoms with Crippen LogP contribution < -0.4 is 5.73 Å². The van der Waals surface area contributed by atoms with Crippen LogP contribution in [0.1, 0.15) is 17.7 Å². The lowest BCUT2D eigenvalue weighted by molar-refractivity contribution is 0.122. The highest BCUT2D eigenvalue weighted by Gasteiger charge is 2.22. The lowest BCUT2D eigenvalue weighted by Gasteiger charge is -2.35. The number of carbonyl (C=O) groups excluding carboxylic acids is 1. The van der Waals surface area contributed by atoms with Gasteiger partial charge in [-0.15, -0.1) is 0 Å². The molecule has 1 saturated heterocycles. The molecule has 6 rings (SSSR count). The molecule has 3 aromatic heterocycles. The number of urea groups is 1. The van der Waals surface area contributed by atoms with Gasteiger partial charge in [-0.25, -0.2) is 14.3 Å². The fourth-order valence-corrected chi connectivity index (χ4v) is 5.55. The number of fused-ring (bicyclic) bond motifs is 2. The summed E-state index contributed by atoms with van der Waals surface area (Å²) in [6.07, 6.45) is 5.45. The molecule has 0 radical (unpaired) electrons. The number of nitrogen functional groups attached to an aromatic ring is 1. The molecule has 10 nitrogen and oxygen atoms in total. The fourth-order valence-electron chi connectivity index (χ4n) is 5.55. The maximum absolute atomic E-state index is 12.2. The van der Waals surface area contributed by atoms with Gasteiger partial charge in [0.15, 0.2) is 5.82 Å². The molecule has 1 aliphatic rings. The Morgan fingerprint density at radius 2 is 1.82 bits per heavy atom. The SMILES string of the molecule is CN(C)C(=O)N1CCN(CCCc2cc(-c3ccc4cn(Cc5ccccc5)nc4c3)c3c(N)ncnn23)CC1. The van der Waals surface area contributed by atoms with E-state index in [4.69, 9.17) is 10.8 Å². The second-order valence-corrected chi connectivity index (χ2v) is 10.7. The van der Waals surface area contributed by atoms with Gasteiger partial charge >= 0.3 is 6.03 Å². The van der Waals surface area contributed by atoms with E-state index in [2.05, 4.69) is 57.6 Å². The average Bonchev–Trinajstić information content (AvgIpc) is 3.54. The molecule has 1 aliphatic heterocycles. The van der Waals surface area contributed by atoms with Gasteiger partial charge in [0.1, 0.15) is 11.8 Å². The van der Waals surface area contributed by atoms with Crippen LogP contribution in [0.25, 0.3) is 27.5 Å². The molecule has 2 amide bonds. The van der Waals surface area contributed by atoms with E-state index in [0.29, 0.717) is 5.82 Å². The summed E-state index contributed by atoms with van der Waals surface area (Å²) in [4.78, 5) is 22.5. The second kappa shape index (κ2) is 11.0. The van der Waals surface area contributed by atoms with E-state index in [0.717, 1.165) is 85.4 Å². The zero-order valence-electron chi connectivity index (χ0n) is 23.1. The Hall–Kier alpha value is -4.44. The predicted molar refractivity (Wildman–Crippen MR) is 157 cm³/mol. The standard InChI is InChI=1S/C30H35N9O/c1-35(2)30(40)37-15-13-36(14-16-37)12-6-9-25-18-26(28-29(31)32-21-33-39(25)28)23-10-11-24-20-38(34-27(24)17-23)19-22-7-4-3-5-8-22/h3-5,7-8,10-11,17-18,20-21H,6,9,12-16,19H2,1-2H3,(H2,31,32,33). The first-order chi connectivity index (χ1) is 19.5. The summed E-state index contributed by atoms with van der Waals surface area (Å²) >= 11 is 0. The molecule has 0 unspecified atom stereocenters. The van der Waals surface area contributed by atoms with E-state index < -0.39 is 0 Å². The number of anilines is 1. The maximum atomic E-state index is 12.2. The number of rotatable bonds is 7. The first-order valence-corrected chi connectivity index (χ1v) is 13.8. The molecule has 0 saturated carbocycles. The zero-order valence-corrected chi connectivity index (χ0v) is 23.1. The highest BCUT2D eigenvalue weighted by molar-refractivity contribution is 5.92. The molecule has 0 aliphatic carbocycles. The molecule has 5 aromatic rings. The summed E-state index contributed by atoms with van der Waals surface area (Å²) < 4.78 is 3.92. The molecule has 0 bridgehead atoms. The Balaban J connectivity index is 1.19. The van der Waals surface area contributed by atoms with Crippen molar-refractivity contribution in [2.45, 2.75) is 19.4 Å². The Bertz CT molecular complexity index is 1630. The Labute approximate surface area is 233 Å². The van der Waals surface area contributed by atoms with Crippen LogP contribution in [0.2, 0.25) is 0 Å². The number of aryl methyl sites for hydroxylation is 1. The van der Waals surface area contributed by atoms with Crippen LogP contribution in [-0.4, -0.2) is 91.9 Å². The van der Waals surface area contributed by atoms with Crippen LogP contribution >= 0.6 is 0 Å². The van der Waals surface area contributed by atoms with Gasteiger partial charge in [0.05, 0.1) is 12.1 Å². The number of hydrogen-bond acceptors (Lipinski definition) is 6. The summed E-state index contributed by atoms with van der Waals surface area (Å²) in [6.45, 7) is 5.02. The lowest BCUT2D eigenvalue weighted by Crippen LogP contribution is -2.51. The number of nitrogens with zero attached hydrogens (tertiary/aromatic N) is 8. The zero-order chi connectivity index (χ0) is 27.6. The molecule has 1 fully saturated rings. The number of benzene rings is 2. The lowest BCUT2D eigenvalue weighted by atomic mass is 10.0. The summed E-state index contributed by atoms with van der Waals surface area (Å²) in [5, 5.41) is 10.5. The number of piperazine rings is 1. The fraction of sp³-hybridized carbons (Fsp3) is 0.333. The van der Waals surface area contributed by atoms with E-state index in [1.807, 2.05) is 32.3 Å². The normalized spacial score (nSPS) is 14.3. The topological polar surface area (TPSA) is 101 Å². The number of aromatic nitrogens is 5. The van der Waals surface area contributed by atoms with Crippen molar-refractivity contribution in [1.29, 1.82) is 0 Å². The van der Waals surface area contributed by atoms with Crippen LogP contribution in [0.15, 0.2) is 67.1 Å². The third-order valence-corrected chi connectivity index (χ3v) is 7.64. The number of hydrogen-bond donors (Lipinski definition) is 1. The summed E-state index contributed by atoms with van der Waals surface area (Å²) in [5.74, 6) is 0.465. The van der Waals surface area contributed by atoms with Gasteiger partial charge in [0.25, 0.3) is 0 Å². The Kier molecular flexibility index (Phi) is 7.08. The van der Waals surface area contributed by atoms with Gasteiger partial charge in [-0.2, -0.15) is 10.2 Å². The summed E-state index contributed by atoms with van der Waals surface area (Å²) in [6, 6.07) is 19.0. The molecule has 2 aromatic carbocycles. The van der Waals surface area contributed by atoms with Gasteiger partial charge in [-0.05, 0) is 42.6 Å². The van der Waals surface area contributed by atoms with Crippen LogP contribution in [0, 0.1) is 0 Å². The van der Waals surface area contributed by atoms with Crippen molar-refractivity contribution >= 4 is 28.3 Å². The summed E-state index contributed by atoms with van der Waals surface area (Å²) in [5.41, 5.74) is 12.5. The molecule has 4 heterocycles. The van der Waals surface area contributed by atoms with Crippen molar-refractivity contribution in [3.05, 3.63) is 78.4 Å². The minimum atomic E-state index is 0.0882. The van der Waals surface area contributed by atoms with Crippen molar-refractivity contribution in [1.82, 2.24) is 39.1 Å². The summed E-state index contributed by atoms with van der Waals surface area (Å²) in [7, 11) is 3.61. The van der Waals surface area contributed by atoms with E-state index >= 15 is 0 Å².